The highest BCUT2D eigenvalue weighted by molar-refractivity contribution is 5.99. The molecule has 6 heteroatoms. The van der Waals surface area contributed by atoms with Gasteiger partial charge in [-0.15, -0.1) is 0 Å². The van der Waals surface area contributed by atoms with E-state index in [0.717, 1.165) is 16.5 Å². The van der Waals surface area contributed by atoms with Gasteiger partial charge in [0.05, 0.1) is 25.3 Å². The zero-order chi connectivity index (χ0) is 17.8. The van der Waals surface area contributed by atoms with E-state index in [4.69, 9.17) is 9.47 Å². The molecule has 0 aliphatic rings. The lowest BCUT2D eigenvalue weighted by Crippen LogP contribution is -2.11. The van der Waals surface area contributed by atoms with E-state index < -0.39 is 11.9 Å². The summed E-state index contributed by atoms with van der Waals surface area (Å²) >= 11 is 0. The number of methoxy groups -OCH3 is 2. The SMILES string of the molecule is COC(=O)c1ccc(C(=O)OC)c(NCc2cccc3[nH]ccc23)c1. The van der Waals surface area contributed by atoms with Gasteiger partial charge in [0.25, 0.3) is 0 Å². The molecule has 2 aromatic carbocycles. The standard InChI is InChI=1S/C19H18N2O4/c1-24-18(22)12-6-7-15(19(23)25-2)17(10-12)21-11-13-4-3-5-16-14(13)8-9-20-16/h3-10,20-21H,11H2,1-2H3. The molecule has 1 aromatic heterocycles. The number of ether oxygens (including phenoxy) is 2. The fraction of sp³-hybridized carbons (Fsp3) is 0.158. The molecular weight excluding hydrogens is 320 g/mol. The maximum atomic E-state index is 12.0. The fourth-order valence-corrected chi connectivity index (χ4v) is 2.72. The van der Waals surface area contributed by atoms with Crippen molar-refractivity contribution in [3.63, 3.8) is 0 Å². The molecule has 0 saturated heterocycles. The van der Waals surface area contributed by atoms with Crippen LogP contribution in [0.15, 0.2) is 48.7 Å². The van der Waals surface area contributed by atoms with E-state index in [-0.39, 0.29) is 0 Å². The van der Waals surface area contributed by atoms with Gasteiger partial charge in [0.1, 0.15) is 0 Å². The zero-order valence-corrected chi connectivity index (χ0v) is 14.0. The van der Waals surface area contributed by atoms with Crippen molar-refractivity contribution in [3.05, 3.63) is 65.4 Å². The largest absolute Gasteiger partial charge is 0.465 e. The zero-order valence-electron chi connectivity index (χ0n) is 14.0. The van der Waals surface area contributed by atoms with Crippen molar-refractivity contribution < 1.29 is 19.1 Å². The summed E-state index contributed by atoms with van der Waals surface area (Å²) in [5.41, 5.74) is 3.34. The number of aromatic nitrogens is 1. The van der Waals surface area contributed by atoms with Crippen LogP contribution in [0.1, 0.15) is 26.3 Å². The summed E-state index contributed by atoms with van der Waals surface area (Å²) in [5, 5.41) is 4.32. The molecule has 0 saturated carbocycles. The topological polar surface area (TPSA) is 80.4 Å². The summed E-state index contributed by atoms with van der Waals surface area (Å²) in [6, 6.07) is 12.6. The van der Waals surface area contributed by atoms with Gasteiger partial charge in [-0.05, 0) is 35.9 Å². The van der Waals surface area contributed by atoms with Gasteiger partial charge in [0.2, 0.25) is 0 Å². The second-order valence-electron chi connectivity index (χ2n) is 5.45. The summed E-state index contributed by atoms with van der Waals surface area (Å²) in [4.78, 5) is 26.9. The molecule has 0 aliphatic carbocycles. The van der Waals surface area contributed by atoms with Gasteiger partial charge < -0.3 is 19.8 Å². The number of carbonyl (C=O) groups is 2. The number of carbonyl (C=O) groups excluding carboxylic acids is 2. The fourth-order valence-electron chi connectivity index (χ4n) is 2.72. The predicted octanol–water partition coefficient (Wildman–Crippen LogP) is 3.35. The number of anilines is 1. The van der Waals surface area contributed by atoms with Crippen molar-refractivity contribution in [3.8, 4) is 0 Å². The van der Waals surface area contributed by atoms with Crippen LogP contribution in [0, 0.1) is 0 Å². The second kappa shape index (κ2) is 7.09. The van der Waals surface area contributed by atoms with E-state index in [1.807, 2.05) is 30.5 Å². The number of benzene rings is 2. The Bertz CT molecular complexity index is 930. The van der Waals surface area contributed by atoms with Crippen molar-refractivity contribution in [2.75, 3.05) is 19.5 Å². The number of aromatic amines is 1. The quantitative estimate of drug-likeness (QED) is 0.697. The van der Waals surface area contributed by atoms with Crippen LogP contribution in [0.25, 0.3) is 10.9 Å². The summed E-state index contributed by atoms with van der Waals surface area (Å²) < 4.78 is 9.55. The molecule has 128 valence electrons. The lowest BCUT2D eigenvalue weighted by Gasteiger charge is -2.13. The van der Waals surface area contributed by atoms with Crippen molar-refractivity contribution in [1.29, 1.82) is 0 Å². The van der Waals surface area contributed by atoms with Crippen LogP contribution >= 0.6 is 0 Å². The maximum absolute atomic E-state index is 12.0. The van der Waals surface area contributed by atoms with Crippen LogP contribution in [0.2, 0.25) is 0 Å². The van der Waals surface area contributed by atoms with Crippen LogP contribution in [0.4, 0.5) is 5.69 Å². The van der Waals surface area contributed by atoms with Crippen LogP contribution < -0.4 is 5.32 Å². The molecule has 6 nitrogen and oxygen atoms in total. The van der Waals surface area contributed by atoms with Crippen LogP contribution in [0.5, 0.6) is 0 Å². The van der Waals surface area contributed by atoms with Crippen LogP contribution in [-0.4, -0.2) is 31.1 Å². The molecule has 25 heavy (non-hydrogen) atoms. The van der Waals surface area contributed by atoms with Crippen molar-refractivity contribution in [2.45, 2.75) is 6.54 Å². The Morgan fingerprint density at radius 2 is 1.84 bits per heavy atom. The Balaban J connectivity index is 1.92. The molecule has 0 unspecified atom stereocenters. The number of rotatable bonds is 5. The van der Waals surface area contributed by atoms with Crippen LogP contribution in [-0.2, 0) is 16.0 Å². The summed E-state index contributed by atoms with van der Waals surface area (Å²) in [6.07, 6.45) is 1.88. The third kappa shape index (κ3) is 3.33. The van der Waals surface area contributed by atoms with Gasteiger partial charge in [0.15, 0.2) is 0 Å². The summed E-state index contributed by atoms with van der Waals surface area (Å²) in [6.45, 7) is 0.490. The minimum absolute atomic E-state index is 0.358. The number of hydrogen-bond acceptors (Lipinski definition) is 5. The minimum Gasteiger partial charge on any atom is -0.465 e. The van der Waals surface area contributed by atoms with Gasteiger partial charge in [0, 0.05) is 29.3 Å². The lowest BCUT2D eigenvalue weighted by molar-refractivity contribution is 0.0587. The highest BCUT2D eigenvalue weighted by Crippen LogP contribution is 2.23. The molecule has 0 aliphatic heterocycles. The van der Waals surface area contributed by atoms with E-state index >= 15 is 0 Å². The highest BCUT2D eigenvalue weighted by Gasteiger charge is 2.15. The number of hydrogen-bond donors (Lipinski definition) is 2. The number of nitrogens with one attached hydrogen (secondary N) is 2. The van der Waals surface area contributed by atoms with Gasteiger partial charge in [-0.1, -0.05) is 12.1 Å². The number of fused-ring (bicyclic) bond motifs is 1. The summed E-state index contributed by atoms with van der Waals surface area (Å²) in [5.74, 6) is -0.939. The van der Waals surface area contributed by atoms with Crippen molar-refractivity contribution in [1.82, 2.24) is 4.98 Å². The Morgan fingerprint density at radius 1 is 1.04 bits per heavy atom. The Kier molecular flexibility index (Phi) is 4.70. The molecule has 2 N–H and O–H groups in total. The van der Waals surface area contributed by atoms with E-state index in [1.165, 1.54) is 20.3 Å². The average molecular weight is 338 g/mol. The molecule has 0 bridgehead atoms. The Hall–Kier alpha value is -3.28. The molecule has 3 aromatic rings. The first-order chi connectivity index (χ1) is 12.1. The predicted molar refractivity (Wildman–Crippen MR) is 94.7 cm³/mol. The van der Waals surface area contributed by atoms with E-state index in [0.29, 0.717) is 23.4 Å². The Labute approximate surface area is 144 Å². The normalized spacial score (nSPS) is 10.5. The molecule has 3 rings (SSSR count). The summed E-state index contributed by atoms with van der Waals surface area (Å²) in [7, 11) is 2.64. The second-order valence-corrected chi connectivity index (χ2v) is 5.45. The smallest absolute Gasteiger partial charge is 0.339 e. The van der Waals surface area contributed by atoms with Gasteiger partial charge in [-0.3, -0.25) is 0 Å². The van der Waals surface area contributed by atoms with Crippen molar-refractivity contribution in [2.24, 2.45) is 0 Å². The first kappa shape index (κ1) is 16.6. The van der Waals surface area contributed by atoms with Gasteiger partial charge in [-0.25, -0.2) is 9.59 Å². The molecule has 0 fully saturated rings. The molecular formula is C19H18N2O4. The molecule has 1 heterocycles. The maximum Gasteiger partial charge on any atom is 0.339 e. The molecule has 0 amide bonds. The molecule has 0 spiro atoms. The number of H-pyrrole nitrogens is 1. The van der Waals surface area contributed by atoms with Crippen LogP contribution in [0.3, 0.4) is 0 Å². The third-order valence-electron chi connectivity index (χ3n) is 4.00. The molecule has 0 atom stereocenters. The first-order valence-electron chi connectivity index (χ1n) is 7.73. The van der Waals surface area contributed by atoms with E-state index in [1.54, 1.807) is 12.1 Å². The Morgan fingerprint density at radius 3 is 2.60 bits per heavy atom. The van der Waals surface area contributed by atoms with Crippen molar-refractivity contribution >= 4 is 28.5 Å². The first-order valence-corrected chi connectivity index (χ1v) is 7.73. The van der Waals surface area contributed by atoms with E-state index in [2.05, 4.69) is 10.3 Å². The molecule has 0 radical (unpaired) electrons. The van der Waals surface area contributed by atoms with Gasteiger partial charge in [-0.2, -0.15) is 0 Å². The minimum atomic E-state index is -0.473. The van der Waals surface area contributed by atoms with E-state index in [9.17, 15) is 9.59 Å². The lowest BCUT2D eigenvalue weighted by atomic mass is 10.1. The van der Waals surface area contributed by atoms with Gasteiger partial charge >= 0.3 is 11.9 Å². The average Bonchev–Trinajstić information content (AvgIpc) is 3.14. The number of esters is 2. The highest BCUT2D eigenvalue weighted by atomic mass is 16.5. The third-order valence-corrected chi connectivity index (χ3v) is 4.00. The monoisotopic (exact) mass is 338 g/mol.